The first-order valence-corrected chi connectivity index (χ1v) is 10.1. The van der Waals surface area contributed by atoms with Crippen LogP contribution in [0.3, 0.4) is 0 Å². The van der Waals surface area contributed by atoms with Crippen LogP contribution in [0.5, 0.6) is 0 Å². The highest BCUT2D eigenvalue weighted by Gasteiger charge is 2.31. The molecule has 3 N–H and O–H groups in total. The van der Waals surface area contributed by atoms with E-state index >= 15 is 0 Å². The molecule has 144 valence electrons. The Bertz CT molecular complexity index is 520. The molecule has 7 heteroatoms. The number of hydrogen-bond donors (Lipinski definition) is 2. The number of carbonyl (C=O) groups excluding carboxylic acids is 1. The Balaban J connectivity index is 0.00000156. The van der Waals surface area contributed by atoms with Gasteiger partial charge in [0.2, 0.25) is 5.91 Å². The van der Waals surface area contributed by atoms with Crippen molar-refractivity contribution in [2.45, 2.75) is 63.7 Å². The molecule has 4 nitrogen and oxygen atoms in total. The summed E-state index contributed by atoms with van der Waals surface area (Å²) in [5.41, 5.74) is 7.05. The highest BCUT2D eigenvalue weighted by Crippen LogP contribution is 2.33. The summed E-state index contributed by atoms with van der Waals surface area (Å²) in [6.45, 7) is 1.33. The van der Waals surface area contributed by atoms with Gasteiger partial charge in [-0.25, -0.2) is 4.98 Å². The van der Waals surface area contributed by atoms with Crippen LogP contribution in [0.15, 0.2) is 5.38 Å². The predicted octanol–water partition coefficient (Wildman–Crippen LogP) is 4.07. The van der Waals surface area contributed by atoms with E-state index in [2.05, 4.69) is 10.7 Å². The fourth-order valence-corrected chi connectivity index (χ4v) is 4.99. The van der Waals surface area contributed by atoms with Crippen molar-refractivity contribution in [3.8, 4) is 0 Å². The molecule has 0 aliphatic heterocycles. The molecule has 0 bridgehead atoms. The number of rotatable bonds is 6. The van der Waals surface area contributed by atoms with Crippen molar-refractivity contribution in [2.75, 3.05) is 13.1 Å². The van der Waals surface area contributed by atoms with Crippen LogP contribution in [0.1, 0.15) is 68.0 Å². The summed E-state index contributed by atoms with van der Waals surface area (Å²) in [5, 5.41) is 6.49. The highest BCUT2D eigenvalue weighted by atomic mass is 35.5. The van der Waals surface area contributed by atoms with Crippen LogP contribution in [-0.2, 0) is 11.2 Å². The molecule has 1 heterocycles. The number of thiazole rings is 1. The zero-order valence-electron chi connectivity index (χ0n) is 14.7. The summed E-state index contributed by atoms with van der Waals surface area (Å²) in [6, 6.07) is 0. The van der Waals surface area contributed by atoms with Crippen molar-refractivity contribution in [2.24, 2.45) is 17.6 Å². The van der Waals surface area contributed by atoms with E-state index in [-0.39, 0.29) is 36.6 Å². The molecule has 2 aliphatic carbocycles. The predicted molar refractivity (Wildman–Crippen MR) is 109 cm³/mol. The van der Waals surface area contributed by atoms with Crippen molar-refractivity contribution in [1.82, 2.24) is 10.3 Å². The maximum Gasteiger partial charge on any atom is 0.223 e. The van der Waals surface area contributed by atoms with Gasteiger partial charge < -0.3 is 11.1 Å². The third-order valence-electron chi connectivity index (χ3n) is 5.53. The fourth-order valence-electron chi connectivity index (χ4n) is 4.11. The Labute approximate surface area is 167 Å². The van der Waals surface area contributed by atoms with E-state index < -0.39 is 0 Å². The first kappa shape index (κ1) is 22.7. The van der Waals surface area contributed by atoms with Crippen LogP contribution in [0.2, 0.25) is 0 Å². The normalized spacial score (nSPS) is 23.6. The first-order chi connectivity index (χ1) is 11.3. The topological polar surface area (TPSA) is 68.0 Å². The van der Waals surface area contributed by atoms with Gasteiger partial charge in [-0.3, -0.25) is 4.79 Å². The number of nitrogens with zero attached hydrogens (tertiary/aromatic N) is 1. The smallest absolute Gasteiger partial charge is 0.223 e. The van der Waals surface area contributed by atoms with E-state index in [0.29, 0.717) is 24.9 Å². The summed E-state index contributed by atoms with van der Waals surface area (Å²) in [7, 11) is 0. The lowest BCUT2D eigenvalue weighted by atomic mass is 9.87. The molecule has 1 aromatic rings. The molecule has 1 amide bonds. The molecule has 0 spiro atoms. The number of nitrogens with one attached hydrogen (secondary N) is 1. The van der Waals surface area contributed by atoms with Crippen LogP contribution >= 0.6 is 36.2 Å². The second-order valence-electron chi connectivity index (χ2n) is 7.08. The molecule has 0 saturated heterocycles. The van der Waals surface area contributed by atoms with Crippen LogP contribution in [0.25, 0.3) is 0 Å². The van der Waals surface area contributed by atoms with Gasteiger partial charge in [0.05, 0.1) is 10.7 Å². The molecular weight excluding hydrogens is 377 g/mol. The Kier molecular flexibility index (Phi) is 10.3. The van der Waals surface area contributed by atoms with Gasteiger partial charge in [-0.05, 0) is 38.1 Å². The standard InChI is InChI=1S/C18H29N3OS.2ClH/c19-11-14-7-4-8-15(14)18(22)20-10-9-17-21-16(12-23-17)13-5-2-1-3-6-13;;/h12-15H,1-11,19H2,(H,20,22);2*1H/t14-,15-;;/m1../s1. The van der Waals surface area contributed by atoms with Crippen LogP contribution < -0.4 is 11.1 Å². The molecule has 0 radical (unpaired) electrons. The van der Waals surface area contributed by atoms with E-state index in [1.165, 1.54) is 37.8 Å². The van der Waals surface area contributed by atoms with Gasteiger partial charge in [-0.2, -0.15) is 0 Å². The Hall–Kier alpha value is -0.360. The molecule has 0 aromatic carbocycles. The quantitative estimate of drug-likeness (QED) is 0.746. The lowest BCUT2D eigenvalue weighted by Gasteiger charge is -2.19. The van der Waals surface area contributed by atoms with Crippen molar-refractivity contribution >= 4 is 42.1 Å². The van der Waals surface area contributed by atoms with Crippen LogP contribution in [0.4, 0.5) is 0 Å². The zero-order chi connectivity index (χ0) is 16.1. The van der Waals surface area contributed by atoms with Crippen LogP contribution in [0, 0.1) is 11.8 Å². The molecule has 0 unspecified atom stereocenters. The fraction of sp³-hybridized carbons (Fsp3) is 0.778. The van der Waals surface area contributed by atoms with E-state index in [9.17, 15) is 4.79 Å². The van der Waals surface area contributed by atoms with Crippen LogP contribution in [-0.4, -0.2) is 24.0 Å². The minimum Gasteiger partial charge on any atom is -0.355 e. The van der Waals surface area contributed by atoms with Gasteiger partial charge in [0, 0.05) is 30.2 Å². The van der Waals surface area contributed by atoms with E-state index in [1.54, 1.807) is 11.3 Å². The number of hydrogen-bond acceptors (Lipinski definition) is 4. The number of carbonyl (C=O) groups is 1. The molecule has 2 saturated carbocycles. The maximum absolute atomic E-state index is 12.3. The number of amides is 1. The average Bonchev–Trinajstić information content (AvgIpc) is 3.24. The molecule has 2 fully saturated rings. The van der Waals surface area contributed by atoms with E-state index in [0.717, 1.165) is 30.7 Å². The van der Waals surface area contributed by atoms with Crippen molar-refractivity contribution in [3.05, 3.63) is 16.1 Å². The monoisotopic (exact) mass is 407 g/mol. The summed E-state index contributed by atoms with van der Waals surface area (Å²) < 4.78 is 0. The van der Waals surface area contributed by atoms with Gasteiger partial charge in [-0.1, -0.05) is 25.7 Å². The van der Waals surface area contributed by atoms with Gasteiger partial charge >= 0.3 is 0 Å². The molecule has 2 atom stereocenters. The SMILES string of the molecule is Cl.Cl.NC[C@H]1CCC[C@H]1C(=O)NCCc1nc(C2CCCCC2)cs1. The van der Waals surface area contributed by atoms with Crippen molar-refractivity contribution in [3.63, 3.8) is 0 Å². The summed E-state index contributed by atoms with van der Waals surface area (Å²) in [6.07, 6.45) is 10.7. The van der Waals surface area contributed by atoms with Gasteiger partial charge in [0.25, 0.3) is 0 Å². The number of aromatic nitrogens is 1. The molecule has 25 heavy (non-hydrogen) atoms. The lowest BCUT2D eigenvalue weighted by molar-refractivity contribution is -0.125. The Morgan fingerprint density at radius 3 is 2.64 bits per heavy atom. The maximum atomic E-state index is 12.3. The second kappa shape index (κ2) is 11.4. The first-order valence-electron chi connectivity index (χ1n) is 9.20. The van der Waals surface area contributed by atoms with Crippen molar-refractivity contribution in [1.29, 1.82) is 0 Å². The van der Waals surface area contributed by atoms with Crippen molar-refractivity contribution < 1.29 is 4.79 Å². The van der Waals surface area contributed by atoms with Gasteiger partial charge in [0.1, 0.15) is 0 Å². The lowest BCUT2D eigenvalue weighted by Crippen LogP contribution is -2.36. The summed E-state index contributed by atoms with van der Waals surface area (Å²) in [5.74, 6) is 1.39. The van der Waals surface area contributed by atoms with E-state index in [4.69, 9.17) is 10.7 Å². The van der Waals surface area contributed by atoms with Gasteiger partial charge in [-0.15, -0.1) is 36.2 Å². The molecule has 3 rings (SSSR count). The Morgan fingerprint density at radius 2 is 1.92 bits per heavy atom. The summed E-state index contributed by atoms with van der Waals surface area (Å²) in [4.78, 5) is 17.1. The zero-order valence-corrected chi connectivity index (χ0v) is 17.2. The number of halogens is 2. The average molecular weight is 408 g/mol. The third kappa shape index (κ3) is 6.09. The Morgan fingerprint density at radius 1 is 1.16 bits per heavy atom. The van der Waals surface area contributed by atoms with E-state index in [1.807, 2.05) is 0 Å². The second-order valence-corrected chi connectivity index (χ2v) is 8.02. The summed E-state index contributed by atoms with van der Waals surface area (Å²) >= 11 is 1.75. The molecule has 2 aliphatic rings. The van der Waals surface area contributed by atoms with Gasteiger partial charge in [0.15, 0.2) is 0 Å². The largest absolute Gasteiger partial charge is 0.355 e. The minimum absolute atomic E-state index is 0. The molecule has 1 aromatic heterocycles. The third-order valence-corrected chi connectivity index (χ3v) is 6.46. The minimum atomic E-state index is 0. The number of nitrogens with two attached hydrogens (primary N) is 1. The highest BCUT2D eigenvalue weighted by molar-refractivity contribution is 7.09. The molecular formula is C18H31Cl2N3OS.